The quantitative estimate of drug-likeness (QED) is 0.765. The van der Waals surface area contributed by atoms with Crippen LogP contribution in [0, 0.1) is 0 Å². The fourth-order valence-corrected chi connectivity index (χ4v) is 3.46. The Morgan fingerprint density at radius 2 is 2.00 bits per heavy atom. The van der Waals surface area contributed by atoms with E-state index in [1.165, 1.54) is 19.3 Å². The van der Waals surface area contributed by atoms with Crippen molar-refractivity contribution in [2.45, 2.75) is 36.7 Å². The number of carbonyl (C=O) groups excluding carboxylic acids is 1. The molecule has 1 saturated heterocycles. The van der Waals surface area contributed by atoms with Crippen molar-refractivity contribution in [2.24, 2.45) is 0 Å². The van der Waals surface area contributed by atoms with E-state index >= 15 is 0 Å². The van der Waals surface area contributed by atoms with Crippen LogP contribution in [0.1, 0.15) is 36.5 Å². The van der Waals surface area contributed by atoms with Crippen molar-refractivity contribution < 1.29 is 9.53 Å². The van der Waals surface area contributed by atoms with Gasteiger partial charge in [-0.15, -0.1) is 0 Å². The Kier molecular flexibility index (Phi) is 4.49. The molecule has 1 aromatic carbocycles. The van der Waals surface area contributed by atoms with E-state index in [0.29, 0.717) is 17.4 Å². The molecule has 3 heteroatoms. The first-order valence-electron chi connectivity index (χ1n) is 6.17. The van der Waals surface area contributed by atoms with E-state index in [4.69, 9.17) is 4.74 Å². The maximum atomic E-state index is 11.7. The van der Waals surface area contributed by atoms with Gasteiger partial charge in [0.05, 0.1) is 5.56 Å². The standard InChI is InChI=1S/C14H18O2S/c1-2-12-8-9-13(17-12)10-16-14(15)11-6-4-3-5-7-11/h3-7,12-13H,2,8-10H2,1H3/t12?,13-/m0/s1. The lowest BCUT2D eigenvalue weighted by molar-refractivity contribution is 0.0506. The lowest BCUT2D eigenvalue weighted by atomic mass is 10.2. The van der Waals surface area contributed by atoms with Gasteiger partial charge in [-0.2, -0.15) is 11.8 Å². The van der Waals surface area contributed by atoms with Crippen LogP contribution < -0.4 is 0 Å². The minimum Gasteiger partial charge on any atom is -0.461 e. The number of hydrogen-bond donors (Lipinski definition) is 0. The number of hydrogen-bond acceptors (Lipinski definition) is 3. The molecule has 1 fully saturated rings. The van der Waals surface area contributed by atoms with Gasteiger partial charge in [-0.05, 0) is 31.4 Å². The SMILES string of the molecule is CCC1CC[C@@H](COC(=O)c2ccccc2)S1. The summed E-state index contributed by atoms with van der Waals surface area (Å²) in [6.07, 6.45) is 3.65. The van der Waals surface area contributed by atoms with E-state index < -0.39 is 0 Å². The molecule has 17 heavy (non-hydrogen) atoms. The van der Waals surface area contributed by atoms with Crippen molar-refractivity contribution in [1.29, 1.82) is 0 Å². The minimum atomic E-state index is -0.203. The van der Waals surface area contributed by atoms with Crippen LogP contribution >= 0.6 is 11.8 Å². The molecule has 0 N–H and O–H groups in total. The molecular formula is C14H18O2S. The minimum absolute atomic E-state index is 0.203. The van der Waals surface area contributed by atoms with Crippen LogP contribution in [-0.2, 0) is 4.74 Å². The van der Waals surface area contributed by atoms with Gasteiger partial charge in [0.15, 0.2) is 0 Å². The first-order chi connectivity index (χ1) is 8.29. The highest BCUT2D eigenvalue weighted by Gasteiger charge is 2.25. The molecule has 2 atom stereocenters. The molecule has 0 saturated carbocycles. The highest BCUT2D eigenvalue weighted by Crippen LogP contribution is 2.35. The Morgan fingerprint density at radius 1 is 1.29 bits per heavy atom. The third kappa shape index (κ3) is 3.50. The number of thioether (sulfide) groups is 1. The van der Waals surface area contributed by atoms with Crippen molar-refractivity contribution >= 4 is 17.7 Å². The molecule has 2 rings (SSSR count). The maximum absolute atomic E-state index is 11.7. The summed E-state index contributed by atoms with van der Waals surface area (Å²) in [6, 6.07) is 9.19. The molecule has 0 amide bonds. The summed E-state index contributed by atoms with van der Waals surface area (Å²) >= 11 is 1.97. The van der Waals surface area contributed by atoms with Crippen LogP contribution in [0.25, 0.3) is 0 Å². The van der Waals surface area contributed by atoms with E-state index in [1.54, 1.807) is 12.1 Å². The Labute approximate surface area is 107 Å². The number of esters is 1. The summed E-state index contributed by atoms with van der Waals surface area (Å²) in [5.74, 6) is -0.203. The van der Waals surface area contributed by atoms with E-state index in [0.717, 1.165) is 5.25 Å². The lowest BCUT2D eigenvalue weighted by Crippen LogP contribution is -2.14. The largest absolute Gasteiger partial charge is 0.461 e. The third-order valence-electron chi connectivity index (χ3n) is 3.06. The van der Waals surface area contributed by atoms with Gasteiger partial charge in [-0.1, -0.05) is 25.1 Å². The fraction of sp³-hybridized carbons (Fsp3) is 0.500. The van der Waals surface area contributed by atoms with Gasteiger partial charge in [0.25, 0.3) is 0 Å². The van der Waals surface area contributed by atoms with Crippen molar-refractivity contribution in [3.63, 3.8) is 0 Å². The fourth-order valence-electron chi connectivity index (χ4n) is 2.03. The first-order valence-corrected chi connectivity index (χ1v) is 7.11. The number of ether oxygens (including phenoxy) is 1. The topological polar surface area (TPSA) is 26.3 Å². The van der Waals surface area contributed by atoms with Crippen LogP contribution in [0.3, 0.4) is 0 Å². The molecule has 0 bridgehead atoms. The normalized spacial score (nSPS) is 23.6. The molecule has 2 nitrogen and oxygen atoms in total. The van der Waals surface area contributed by atoms with E-state index in [1.807, 2.05) is 30.0 Å². The lowest BCUT2D eigenvalue weighted by Gasteiger charge is -2.10. The first kappa shape index (κ1) is 12.5. The highest BCUT2D eigenvalue weighted by molar-refractivity contribution is 8.00. The van der Waals surface area contributed by atoms with E-state index in [-0.39, 0.29) is 5.97 Å². The van der Waals surface area contributed by atoms with Crippen LogP contribution in [0.5, 0.6) is 0 Å². The van der Waals surface area contributed by atoms with Crippen molar-refractivity contribution in [1.82, 2.24) is 0 Å². The Bertz CT molecular complexity index is 364. The van der Waals surface area contributed by atoms with Crippen molar-refractivity contribution in [3.05, 3.63) is 35.9 Å². The summed E-state index contributed by atoms with van der Waals surface area (Å²) in [4.78, 5) is 11.7. The average molecular weight is 250 g/mol. The zero-order chi connectivity index (χ0) is 12.1. The monoisotopic (exact) mass is 250 g/mol. The zero-order valence-corrected chi connectivity index (χ0v) is 10.9. The molecule has 92 valence electrons. The Morgan fingerprint density at radius 3 is 2.65 bits per heavy atom. The van der Waals surface area contributed by atoms with E-state index in [9.17, 15) is 4.79 Å². The summed E-state index contributed by atoms with van der Waals surface area (Å²) in [5, 5.41) is 1.25. The van der Waals surface area contributed by atoms with Crippen LogP contribution in [-0.4, -0.2) is 23.1 Å². The summed E-state index contributed by atoms with van der Waals surface area (Å²) in [7, 11) is 0. The van der Waals surface area contributed by atoms with Gasteiger partial charge in [-0.25, -0.2) is 4.79 Å². The third-order valence-corrected chi connectivity index (χ3v) is 4.77. The van der Waals surface area contributed by atoms with Gasteiger partial charge in [0, 0.05) is 10.5 Å². The molecule has 1 heterocycles. The maximum Gasteiger partial charge on any atom is 0.338 e. The molecule has 0 aliphatic carbocycles. The van der Waals surface area contributed by atoms with Gasteiger partial charge >= 0.3 is 5.97 Å². The predicted molar refractivity (Wildman–Crippen MR) is 71.4 cm³/mol. The van der Waals surface area contributed by atoms with Crippen LogP contribution in [0.15, 0.2) is 30.3 Å². The molecular weight excluding hydrogens is 232 g/mol. The predicted octanol–water partition coefficient (Wildman–Crippen LogP) is 3.52. The number of rotatable bonds is 4. The average Bonchev–Trinajstić information content (AvgIpc) is 2.85. The Balaban J connectivity index is 1.78. The highest BCUT2D eigenvalue weighted by atomic mass is 32.2. The molecule has 0 aromatic heterocycles. The second kappa shape index (κ2) is 6.10. The molecule has 1 aliphatic heterocycles. The van der Waals surface area contributed by atoms with Crippen LogP contribution in [0.4, 0.5) is 0 Å². The second-order valence-corrected chi connectivity index (χ2v) is 5.94. The zero-order valence-electron chi connectivity index (χ0n) is 10.1. The van der Waals surface area contributed by atoms with E-state index in [2.05, 4.69) is 6.92 Å². The van der Waals surface area contributed by atoms with Gasteiger partial charge in [0.1, 0.15) is 6.61 Å². The number of benzene rings is 1. The van der Waals surface area contributed by atoms with Gasteiger partial charge in [0.2, 0.25) is 0 Å². The molecule has 0 radical (unpaired) electrons. The summed E-state index contributed by atoms with van der Waals surface area (Å²) in [6.45, 7) is 2.77. The van der Waals surface area contributed by atoms with Crippen molar-refractivity contribution in [2.75, 3.05) is 6.61 Å². The smallest absolute Gasteiger partial charge is 0.338 e. The summed E-state index contributed by atoms with van der Waals surface area (Å²) in [5.41, 5.74) is 0.641. The van der Waals surface area contributed by atoms with Crippen molar-refractivity contribution in [3.8, 4) is 0 Å². The molecule has 1 aliphatic rings. The molecule has 0 spiro atoms. The molecule has 1 unspecified atom stereocenters. The molecule has 1 aromatic rings. The van der Waals surface area contributed by atoms with Crippen LogP contribution in [0.2, 0.25) is 0 Å². The van der Waals surface area contributed by atoms with Gasteiger partial charge in [-0.3, -0.25) is 0 Å². The summed E-state index contributed by atoms with van der Waals surface area (Å²) < 4.78 is 5.35. The van der Waals surface area contributed by atoms with Gasteiger partial charge < -0.3 is 4.74 Å². The second-order valence-electron chi connectivity index (χ2n) is 4.33. The number of carbonyl (C=O) groups is 1. The Hall–Kier alpha value is -0.960.